The summed E-state index contributed by atoms with van der Waals surface area (Å²) in [5.41, 5.74) is 0.846. The van der Waals surface area contributed by atoms with Gasteiger partial charge in [0.05, 0.1) is 7.11 Å². The van der Waals surface area contributed by atoms with Crippen LogP contribution < -0.4 is 4.74 Å². The molecule has 68 valence electrons. The molecule has 3 nitrogen and oxygen atoms in total. The molecule has 1 aromatic heterocycles. The molecule has 1 aromatic rings. The molecule has 0 unspecified atom stereocenters. The normalized spacial score (nSPS) is 11.8. The van der Waals surface area contributed by atoms with Crippen molar-refractivity contribution in [1.82, 2.24) is 4.98 Å². The van der Waals surface area contributed by atoms with Gasteiger partial charge < -0.3 is 9.15 Å². The first-order chi connectivity index (χ1) is 5.45. The third-order valence-corrected chi connectivity index (χ3v) is 1.99. The van der Waals surface area contributed by atoms with Gasteiger partial charge in [-0.1, -0.05) is 20.8 Å². The maximum atomic E-state index is 5.17. The molecule has 0 spiro atoms. The molecule has 0 bridgehead atoms. The van der Waals surface area contributed by atoms with Crippen molar-refractivity contribution < 1.29 is 9.15 Å². The van der Waals surface area contributed by atoms with Gasteiger partial charge in [-0.2, -0.15) is 4.98 Å². The highest BCUT2D eigenvalue weighted by molar-refractivity contribution is 9.10. The van der Waals surface area contributed by atoms with Crippen molar-refractivity contribution in [3.63, 3.8) is 0 Å². The quantitative estimate of drug-likeness (QED) is 0.749. The smallest absolute Gasteiger partial charge is 0.394 e. The molecule has 0 radical (unpaired) electrons. The molecule has 0 aliphatic carbocycles. The summed E-state index contributed by atoms with van der Waals surface area (Å²) in [5, 5.41) is 0. The maximum absolute atomic E-state index is 5.17. The van der Waals surface area contributed by atoms with E-state index >= 15 is 0 Å². The average molecular weight is 234 g/mol. The van der Waals surface area contributed by atoms with Crippen LogP contribution in [0.1, 0.15) is 26.5 Å². The molecule has 4 heteroatoms. The molecule has 1 heterocycles. The number of halogens is 1. The number of nitrogens with zero attached hydrogens (tertiary/aromatic N) is 1. The molecule has 0 atom stereocenters. The molecular weight excluding hydrogens is 222 g/mol. The van der Waals surface area contributed by atoms with Crippen LogP contribution in [0.5, 0.6) is 6.08 Å². The molecule has 0 aliphatic rings. The molecular formula is C8H12BrNO2. The fraction of sp³-hybridized carbons (Fsp3) is 0.625. The van der Waals surface area contributed by atoms with Crippen LogP contribution in [0.25, 0.3) is 0 Å². The van der Waals surface area contributed by atoms with Crippen LogP contribution in [0.2, 0.25) is 0 Å². The zero-order valence-corrected chi connectivity index (χ0v) is 9.23. The molecule has 0 N–H and O–H groups in total. The van der Waals surface area contributed by atoms with E-state index < -0.39 is 0 Å². The topological polar surface area (TPSA) is 35.3 Å². The highest BCUT2D eigenvalue weighted by Crippen LogP contribution is 2.31. The van der Waals surface area contributed by atoms with Crippen LogP contribution in [0, 0.1) is 0 Å². The van der Waals surface area contributed by atoms with Gasteiger partial charge in [0.1, 0.15) is 5.69 Å². The third-order valence-electron chi connectivity index (χ3n) is 1.45. The summed E-state index contributed by atoms with van der Waals surface area (Å²) in [6.45, 7) is 6.19. The molecule has 0 aliphatic heterocycles. The van der Waals surface area contributed by atoms with Gasteiger partial charge in [-0.3, -0.25) is 0 Å². The number of oxazole rings is 1. The Bertz CT molecular complexity index is 275. The first-order valence-electron chi connectivity index (χ1n) is 3.66. The fourth-order valence-corrected chi connectivity index (χ4v) is 1.65. The van der Waals surface area contributed by atoms with E-state index in [1.807, 2.05) is 0 Å². The first-order valence-corrected chi connectivity index (χ1v) is 4.45. The summed E-state index contributed by atoms with van der Waals surface area (Å²) in [6.07, 6.45) is 0.298. The van der Waals surface area contributed by atoms with Crippen LogP contribution >= 0.6 is 15.9 Å². The lowest BCUT2D eigenvalue weighted by Gasteiger charge is -2.13. The van der Waals surface area contributed by atoms with Crippen molar-refractivity contribution >= 4 is 15.9 Å². The summed E-state index contributed by atoms with van der Waals surface area (Å²) < 4.78 is 10.7. The molecule has 0 saturated heterocycles. The lowest BCUT2D eigenvalue weighted by molar-refractivity contribution is 0.284. The van der Waals surface area contributed by atoms with Gasteiger partial charge in [0.15, 0.2) is 4.67 Å². The monoisotopic (exact) mass is 233 g/mol. The number of hydrogen-bond acceptors (Lipinski definition) is 3. The summed E-state index contributed by atoms with van der Waals surface area (Å²) in [4.78, 5) is 4.16. The highest BCUT2D eigenvalue weighted by atomic mass is 79.9. The maximum Gasteiger partial charge on any atom is 0.394 e. The minimum Gasteiger partial charge on any atom is -0.453 e. The molecule has 0 saturated carbocycles. The van der Waals surface area contributed by atoms with Gasteiger partial charge in [-0.15, -0.1) is 0 Å². The van der Waals surface area contributed by atoms with Crippen LogP contribution in [-0.2, 0) is 5.41 Å². The highest BCUT2D eigenvalue weighted by Gasteiger charge is 2.23. The second-order valence-electron chi connectivity index (χ2n) is 3.56. The summed E-state index contributed by atoms with van der Waals surface area (Å²) >= 11 is 3.28. The van der Waals surface area contributed by atoms with Crippen LogP contribution in [0.15, 0.2) is 9.09 Å². The summed E-state index contributed by atoms with van der Waals surface area (Å²) in [6, 6.07) is 0. The molecule has 0 aromatic carbocycles. The van der Waals surface area contributed by atoms with E-state index in [1.54, 1.807) is 0 Å². The van der Waals surface area contributed by atoms with Gasteiger partial charge in [0.2, 0.25) is 0 Å². The van der Waals surface area contributed by atoms with Crippen molar-refractivity contribution in [2.45, 2.75) is 26.2 Å². The van der Waals surface area contributed by atoms with E-state index in [-0.39, 0.29) is 5.41 Å². The van der Waals surface area contributed by atoms with Crippen molar-refractivity contribution in [2.24, 2.45) is 0 Å². The van der Waals surface area contributed by atoms with Crippen molar-refractivity contribution in [3.8, 4) is 6.08 Å². The SMILES string of the molecule is COc1nc(C(C)(C)C)c(Br)o1. The van der Waals surface area contributed by atoms with E-state index in [4.69, 9.17) is 9.15 Å². The summed E-state index contributed by atoms with van der Waals surface area (Å²) in [5.74, 6) is 0. The predicted octanol–water partition coefficient (Wildman–Crippen LogP) is 2.74. The van der Waals surface area contributed by atoms with Gasteiger partial charge in [-0.25, -0.2) is 0 Å². The molecule has 12 heavy (non-hydrogen) atoms. The number of rotatable bonds is 1. The Morgan fingerprint density at radius 3 is 2.25 bits per heavy atom. The Kier molecular flexibility index (Phi) is 2.46. The van der Waals surface area contributed by atoms with Gasteiger partial charge in [-0.05, 0) is 15.9 Å². The van der Waals surface area contributed by atoms with Gasteiger partial charge >= 0.3 is 6.08 Å². The third kappa shape index (κ3) is 1.80. The second-order valence-corrected chi connectivity index (χ2v) is 4.28. The van der Waals surface area contributed by atoms with Gasteiger partial charge in [0.25, 0.3) is 0 Å². The Balaban J connectivity index is 3.08. The van der Waals surface area contributed by atoms with E-state index in [0.717, 1.165) is 5.69 Å². The number of hydrogen-bond donors (Lipinski definition) is 0. The number of methoxy groups -OCH3 is 1. The van der Waals surface area contributed by atoms with Crippen LogP contribution in [0.3, 0.4) is 0 Å². The molecule has 0 amide bonds. The molecule has 0 fully saturated rings. The van der Waals surface area contributed by atoms with E-state index in [9.17, 15) is 0 Å². The standard InChI is InChI=1S/C8H12BrNO2/c1-8(2,3)5-6(9)12-7(10-5)11-4/h1-4H3. The van der Waals surface area contributed by atoms with Crippen molar-refractivity contribution in [3.05, 3.63) is 10.4 Å². The Hall–Kier alpha value is -0.510. The summed E-state index contributed by atoms with van der Waals surface area (Å²) in [7, 11) is 1.53. The van der Waals surface area contributed by atoms with Crippen LogP contribution in [-0.4, -0.2) is 12.1 Å². The Labute approximate surface area is 80.3 Å². The fourth-order valence-electron chi connectivity index (χ4n) is 0.833. The largest absolute Gasteiger partial charge is 0.453 e. The van der Waals surface area contributed by atoms with E-state index in [2.05, 4.69) is 41.7 Å². The second kappa shape index (κ2) is 3.09. The lowest BCUT2D eigenvalue weighted by Crippen LogP contribution is -2.12. The minimum atomic E-state index is -0.0287. The van der Waals surface area contributed by atoms with Crippen LogP contribution in [0.4, 0.5) is 0 Å². The Morgan fingerprint density at radius 2 is 2.00 bits per heavy atom. The van der Waals surface area contributed by atoms with Gasteiger partial charge in [0, 0.05) is 5.41 Å². The predicted molar refractivity (Wildman–Crippen MR) is 49.5 cm³/mol. The van der Waals surface area contributed by atoms with E-state index in [1.165, 1.54) is 7.11 Å². The number of aromatic nitrogens is 1. The lowest BCUT2D eigenvalue weighted by atomic mass is 9.93. The van der Waals surface area contributed by atoms with E-state index in [0.29, 0.717) is 10.7 Å². The molecule has 1 rings (SSSR count). The number of ether oxygens (including phenoxy) is 1. The van der Waals surface area contributed by atoms with Crippen molar-refractivity contribution in [1.29, 1.82) is 0 Å². The van der Waals surface area contributed by atoms with Crippen molar-refractivity contribution in [2.75, 3.05) is 7.11 Å². The Morgan fingerprint density at radius 1 is 1.42 bits per heavy atom. The first kappa shape index (κ1) is 9.58. The zero-order chi connectivity index (χ0) is 9.35. The average Bonchev–Trinajstić information content (AvgIpc) is 2.29. The zero-order valence-electron chi connectivity index (χ0n) is 7.64. The minimum absolute atomic E-state index is 0.0287.